The third-order valence-electron chi connectivity index (χ3n) is 5.94. The van der Waals surface area contributed by atoms with Gasteiger partial charge in [0.15, 0.2) is 5.65 Å². The molecule has 2 amide bonds. The van der Waals surface area contributed by atoms with Gasteiger partial charge in [0.2, 0.25) is 0 Å². The lowest BCUT2D eigenvalue weighted by molar-refractivity contribution is -0.142. The molecule has 0 saturated carbocycles. The highest BCUT2D eigenvalue weighted by Gasteiger charge is 2.32. The van der Waals surface area contributed by atoms with Crippen LogP contribution in [-0.2, 0) is 16.1 Å². The van der Waals surface area contributed by atoms with E-state index in [1.165, 1.54) is 4.88 Å². The number of rotatable bonds is 4. The van der Waals surface area contributed by atoms with Gasteiger partial charge in [0, 0.05) is 43.4 Å². The van der Waals surface area contributed by atoms with Gasteiger partial charge < -0.3 is 14.5 Å². The van der Waals surface area contributed by atoms with Gasteiger partial charge in [0.1, 0.15) is 6.10 Å². The van der Waals surface area contributed by atoms with Gasteiger partial charge in [-0.3, -0.25) is 9.59 Å². The molecule has 0 radical (unpaired) electrons. The SMILES string of the molecule is Cc1cc(C(=O)N2CCN(C(=O)C3CCCO3)CC2)c2cnn(Cc3cccs3)c2n1. The van der Waals surface area contributed by atoms with Gasteiger partial charge in [-0.15, -0.1) is 11.3 Å². The summed E-state index contributed by atoms with van der Waals surface area (Å²) in [5.41, 5.74) is 2.14. The molecule has 5 rings (SSSR count). The molecule has 31 heavy (non-hydrogen) atoms. The number of fused-ring (bicyclic) bond motifs is 1. The van der Waals surface area contributed by atoms with Gasteiger partial charge in [0.25, 0.3) is 11.8 Å². The Balaban J connectivity index is 1.33. The summed E-state index contributed by atoms with van der Waals surface area (Å²) in [6, 6.07) is 5.92. The number of carbonyl (C=O) groups is 2. The maximum Gasteiger partial charge on any atom is 0.254 e. The Kier molecular flexibility index (Phi) is 5.45. The fraction of sp³-hybridized carbons (Fsp3) is 0.455. The zero-order valence-electron chi connectivity index (χ0n) is 17.5. The lowest BCUT2D eigenvalue weighted by atomic mass is 10.1. The lowest BCUT2D eigenvalue weighted by Gasteiger charge is -2.35. The van der Waals surface area contributed by atoms with Crippen LogP contribution in [0.3, 0.4) is 0 Å². The number of carbonyl (C=O) groups excluding carboxylic acids is 2. The highest BCUT2D eigenvalue weighted by atomic mass is 32.1. The largest absolute Gasteiger partial charge is 0.368 e. The summed E-state index contributed by atoms with van der Waals surface area (Å²) in [4.78, 5) is 35.4. The number of aromatic nitrogens is 3. The normalized spacial score (nSPS) is 19.3. The molecule has 0 bridgehead atoms. The molecule has 5 heterocycles. The number of pyridine rings is 1. The number of piperazine rings is 1. The summed E-state index contributed by atoms with van der Waals surface area (Å²) in [6.07, 6.45) is 3.16. The van der Waals surface area contributed by atoms with Crippen LogP contribution in [0.25, 0.3) is 11.0 Å². The number of aryl methyl sites for hydroxylation is 1. The van der Waals surface area contributed by atoms with Crippen LogP contribution < -0.4 is 0 Å². The zero-order chi connectivity index (χ0) is 21.4. The fourth-order valence-corrected chi connectivity index (χ4v) is 4.98. The highest BCUT2D eigenvalue weighted by Crippen LogP contribution is 2.23. The van der Waals surface area contributed by atoms with E-state index in [0.29, 0.717) is 44.9 Å². The number of hydrogen-bond donors (Lipinski definition) is 0. The van der Waals surface area contributed by atoms with E-state index in [1.807, 2.05) is 38.9 Å². The van der Waals surface area contributed by atoms with Crippen molar-refractivity contribution < 1.29 is 14.3 Å². The molecule has 2 aliphatic rings. The summed E-state index contributed by atoms with van der Waals surface area (Å²) in [5, 5.41) is 7.31. The first kappa shape index (κ1) is 20.1. The van der Waals surface area contributed by atoms with Crippen LogP contribution in [0.4, 0.5) is 0 Å². The minimum absolute atomic E-state index is 0.0320. The Hall–Kier alpha value is -2.78. The van der Waals surface area contributed by atoms with Gasteiger partial charge in [-0.2, -0.15) is 5.10 Å². The van der Waals surface area contributed by atoms with Gasteiger partial charge in [-0.1, -0.05) is 6.07 Å². The van der Waals surface area contributed by atoms with Gasteiger partial charge in [0.05, 0.1) is 23.7 Å². The van der Waals surface area contributed by atoms with Crippen LogP contribution in [0.15, 0.2) is 29.8 Å². The first-order valence-electron chi connectivity index (χ1n) is 10.7. The summed E-state index contributed by atoms with van der Waals surface area (Å²) >= 11 is 1.67. The molecule has 3 aromatic heterocycles. The van der Waals surface area contributed by atoms with E-state index >= 15 is 0 Å². The van der Waals surface area contributed by atoms with Crippen LogP contribution >= 0.6 is 11.3 Å². The Bertz CT molecular complexity index is 1100. The average Bonchev–Trinajstić information content (AvgIpc) is 3.56. The molecule has 2 saturated heterocycles. The fourth-order valence-electron chi connectivity index (χ4n) is 4.29. The van der Waals surface area contributed by atoms with Crippen LogP contribution in [0.5, 0.6) is 0 Å². The Morgan fingerprint density at radius 2 is 2.03 bits per heavy atom. The zero-order valence-corrected chi connectivity index (χ0v) is 18.3. The molecule has 2 aliphatic heterocycles. The molecule has 0 aromatic carbocycles. The van der Waals surface area contributed by atoms with E-state index in [-0.39, 0.29) is 17.9 Å². The summed E-state index contributed by atoms with van der Waals surface area (Å²) in [7, 11) is 0. The second-order valence-corrected chi connectivity index (χ2v) is 9.08. The van der Waals surface area contributed by atoms with Gasteiger partial charge >= 0.3 is 0 Å². The van der Waals surface area contributed by atoms with Crippen molar-refractivity contribution in [2.75, 3.05) is 32.8 Å². The van der Waals surface area contributed by atoms with Crippen molar-refractivity contribution in [3.63, 3.8) is 0 Å². The quantitative estimate of drug-likeness (QED) is 0.623. The molecule has 1 unspecified atom stereocenters. The Labute approximate surface area is 184 Å². The van der Waals surface area contributed by atoms with Crippen molar-refractivity contribution in [2.45, 2.75) is 32.4 Å². The molecule has 2 fully saturated rings. The van der Waals surface area contributed by atoms with E-state index in [2.05, 4.69) is 16.1 Å². The maximum atomic E-state index is 13.4. The molecular formula is C22H25N5O3S. The number of amides is 2. The first-order valence-corrected chi connectivity index (χ1v) is 11.5. The summed E-state index contributed by atoms with van der Waals surface area (Å²) in [6.45, 7) is 5.30. The van der Waals surface area contributed by atoms with Crippen LogP contribution in [-0.4, -0.2) is 75.3 Å². The molecule has 8 nitrogen and oxygen atoms in total. The van der Waals surface area contributed by atoms with Gasteiger partial charge in [-0.05, 0) is 37.3 Å². The smallest absolute Gasteiger partial charge is 0.254 e. The monoisotopic (exact) mass is 439 g/mol. The van der Waals surface area contributed by atoms with Crippen molar-refractivity contribution in [3.8, 4) is 0 Å². The Morgan fingerprint density at radius 1 is 1.23 bits per heavy atom. The minimum atomic E-state index is -0.307. The molecule has 162 valence electrons. The molecular weight excluding hydrogens is 414 g/mol. The first-order chi connectivity index (χ1) is 15.1. The summed E-state index contributed by atoms with van der Waals surface area (Å²) in [5.74, 6) is 0.0250. The van der Waals surface area contributed by atoms with Crippen molar-refractivity contribution >= 4 is 34.2 Å². The molecule has 0 spiro atoms. The van der Waals surface area contributed by atoms with E-state index < -0.39 is 0 Å². The average molecular weight is 440 g/mol. The molecule has 3 aromatic rings. The van der Waals surface area contributed by atoms with Crippen molar-refractivity contribution in [1.29, 1.82) is 0 Å². The number of hydrogen-bond acceptors (Lipinski definition) is 6. The third kappa shape index (κ3) is 3.95. The van der Waals surface area contributed by atoms with Crippen LogP contribution in [0, 0.1) is 6.92 Å². The third-order valence-corrected chi connectivity index (χ3v) is 6.80. The predicted octanol–water partition coefficient (Wildman–Crippen LogP) is 2.31. The predicted molar refractivity (Wildman–Crippen MR) is 117 cm³/mol. The molecule has 0 aliphatic carbocycles. The standard InChI is InChI=1S/C22H25N5O3S/c1-15-12-17(18-13-23-27(20(18)24-15)14-16-4-3-11-31-16)21(28)25-6-8-26(9-7-25)22(29)19-5-2-10-30-19/h3-4,11-13,19H,2,5-10,14H2,1H3. The highest BCUT2D eigenvalue weighted by molar-refractivity contribution is 7.09. The topological polar surface area (TPSA) is 80.6 Å². The van der Waals surface area contributed by atoms with Crippen LogP contribution in [0.1, 0.15) is 33.8 Å². The second kappa shape index (κ2) is 8.39. The lowest BCUT2D eigenvalue weighted by Crippen LogP contribution is -2.52. The number of ether oxygens (including phenoxy) is 1. The van der Waals surface area contributed by atoms with E-state index in [9.17, 15) is 9.59 Å². The van der Waals surface area contributed by atoms with Gasteiger partial charge in [-0.25, -0.2) is 9.67 Å². The second-order valence-electron chi connectivity index (χ2n) is 8.05. The minimum Gasteiger partial charge on any atom is -0.368 e. The molecule has 1 atom stereocenters. The Morgan fingerprint density at radius 3 is 2.74 bits per heavy atom. The maximum absolute atomic E-state index is 13.4. The van der Waals surface area contributed by atoms with E-state index in [4.69, 9.17) is 4.74 Å². The molecule has 9 heteroatoms. The number of thiophene rings is 1. The van der Waals surface area contributed by atoms with Crippen molar-refractivity contribution in [3.05, 3.63) is 45.9 Å². The van der Waals surface area contributed by atoms with E-state index in [1.54, 1.807) is 17.5 Å². The summed E-state index contributed by atoms with van der Waals surface area (Å²) < 4.78 is 7.38. The van der Waals surface area contributed by atoms with Crippen molar-refractivity contribution in [1.82, 2.24) is 24.6 Å². The van der Waals surface area contributed by atoms with E-state index in [0.717, 1.165) is 29.6 Å². The van der Waals surface area contributed by atoms with Crippen molar-refractivity contribution in [2.24, 2.45) is 0 Å². The molecule has 0 N–H and O–H groups in total. The van der Waals surface area contributed by atoms with Crippen LogP contribution in [0.2, 0.25) is 0 Å². The number of nitrogens with zero attached hydrogens (tertiary/aromatic N) is 5.